The number of fused-ring (bicyclic) bond motifs is 2. The van der Waals surface area contributed by atoms with E-state index in [0.717, 1.165) is 32.7 Å². The first-order valence-electron chi connectivity index (χ1n) is 11.2. The van der Waals surface area contributed by atoms with E-state index in [0.29, 0.717) is 11.1 Å². The maximum Gasteiger partial charge on any atom is 0.185 e. The lowest BCUT2D eigenvalue weighted by molar-refractivity contribution is 0.104. The maximum absolute atomic E-state index is 12.6. The van der Waals surface area contributed by atoms with Gasteiger partial charge in [0.2, 0.25) is 0 Å². The second-order valence-corrected chi connectivity index (χ2v) is 8.19. The van der Waals surface area contributed by atoms with Gasteiger partial charge < -0.3 is 0 Å². The summed E-state index contributed by atoms with van der Waals surface area (Å²) in [4.78, 5) is 25.2. The van der Waals surface area contributed by atoms with Gasteiger partial charge in [-0.15, -0.1) is 0 Å². The minimum atomic E-state index is -0.0318. The molecule has 0 heterocycles. The zero-order chi connectivity index (χ0) is 23.3. The highest BCUT2D eigenvalue weighted by atomic mass is 16.1. The van der Waals surface area contributed by atoms with E-state index >= 15 is 0 Å². The Labute approximate surface area is 198 Å². The van der Waals surface area contributed by atoms with E-state index in [4.69, 9.17) is 0 Å². The van der Waals surface area contributed by atoms with Crippen molar-refractivity contribution in [2.24, 2.45) is 0 Å². The molecule has 0 N–H and O–H groups in total. The third-order valence-corrected chi connectivity index (χ3v) is 5.86. The molecular weight excluding hydrogens is 416 g/mol. The molecule has 0 aliphatic heterocycles. The van der Waals surface area contributed by atoms with Crippen molar-refractivity contribution in [1.82, 2.24) is 0 Å². The third kappa shape index (κ3) is 4.77. The average Bonchev–Trinajstić information content (AvgIpc) is 2.90. The van der Waals surface area contributed by atoms with Gasteiger partial charge in [-0.3, -0.25) is 9.59 Å². The van der Waals surface area contributed by atoms with Gasteiger partial charge in [-0.1, -0.05) is 109 Å². The minimum absolute atomic E-state index is 0.0318. The molecule has 0 bridgehead atoms. The highest BCUT2D eigenvalue weighted by Crippen LogP contribution is 2.18. The standard InChI is InChI=1S/C32H22O2/c33-31(29-17-15-25-5-1-3-7-27(25)21-29)19-13-23-9-11-24(12-10-23)14-20-32(34)30-18-16-26-6-2-4-8-28(26)22-30/h1-22H/b19-13+,20-14+. The summed E-state index contributed by atoms with van der Waals surface area (Å²) >= 11 is 0. The van der Waals surface area contributed by atoms with Gasteiger partial charge in [0.25, 0.3) is 0 Å². The topological polar surface area (TPSA) is 34.1 Å². The predicted octanol–water partition coefficient (Wildman–Crippen LogP) is 7.79. The Morgan fingerprint density at radius 2 is 0.824 bits per heavy atom. The molecule has 0 saturated carbocycles. The van der Waals surface area contributed by atoms with Crippen LogP contribution in [-0.4, -0.2) is 11.6 Å². The maximum atomic E-state index is 12.6. The van der Waals surface area contributed by atoms with Crippen molar-refractivity contribution in [3.63, 3.8) is 0 Å². The second-order valence-electron chi connectivity index (χ2n) is 8.19. The zero-order valence-electron chi connectivity index (χ0n) is 18.5. The molecule has 5 rings (SSSR count). The molecule has 0 amide bonds. The molecule has 5 aromatic rings. The first-order valence-corrected chi connectivity index (χ1v) is 11.2. The van der Waals surface area contributed by atoms with Crippen molar-refractivity contribution in [3.05, 3.63) is 144 Å². The molecule has 5 aromatic carbocycles. The van der Waals surface area contributed by atoms with Crippen LogP contribution in [0.5, 0.6) is 0 Å². The van der Waals surface area contributed by atoms with E-state index in [1.54, 1.807) is 12.2 Å². The van der Waals surface area contributed by atoms with Gasteiger partial charge in [-0.05, 0) is 57.0 Å². The van der Waals surface area contributed by atoms with Crippen LogP contribution in [0, 0.1) is 0 Å². The average molecular weight is 439 g/mol. The Morgan fingerprint density at radius 1 is 0.441 bits per heavy atom. The van der Waals surface area contributed by atoms with Gasteiger partial charge in [0.05, 0.1) is 0 Å². The highest BCUT2D eigenvalue weighted by molar-refractivity contribution is 6.09. The van der Waals surface area contributed by atoms with Crippen molar-refractivity contribution in [2.45, 2.75) is 0 Å². The number of rotatable bonds is 6. The summed E-state index contributed by atoms with van der Waals surface area (Å²) in [6, 6.07) is 35.2. The first kappa shape index (κ1) is 21.3. The van der Waals surface area contributed by atoms with Crippen LogP contribution in [0.4, 0.5) is 0 Å². The third-order valence-electron chi connectivity index (χ3n) is 5.86. The van der Waals surface area contributed by atoms with Gasteiger partial charge in [0.1, 0.15) is 0 Å². The molecule has 0 saturated heterocycles. The quantitative estimate of drug-likeness (QED) is 0.200. The number of allylic oxidation sites excluding steroid dienone is 2. The van der Waals surface area contributed by atoms with E-state index in [1.807, 2.05) is 121 Å². The van der Waals surface area contributed by atoms with Crippen molar-refractivity contribution in [2.75, 3.05) is 0 Å². The fourth-order valence-electron chi connectivity index (χ4n) is 3.94. The molecule has 2 nitrogen and oxygen atoms in total. The summed E-state index contributed by atoms with van der Waals surface area (Å²) < 4.78 is 0. The molecule has 162 valence electrons. The van der Waals surface area contributed by atoms with Crippen molar-refractivity contribution >= 4 is 45.3 Å². The smallest absolute Gasteiger partial charge is 0.185 e. The summed E-state index contributed by atoms with van der Waals surface area (Å²) in [6.07, 6.45) is 6.81. The van der Waals surface area contributed by atoms with Crippen molar-refractivity contribution in [1.29, 1.82) is 0 Å². The monoisotopic (exact) mass is 438 g/mol. The fourth-order valence-corrected chi connectivity index (χ4v) is 3.94. The molecule has 0 unspecified atom stereocenters. The van der Waals surface area contributed by atoms with Crippen molar-refractivity contribution in [3.8, 4) is 0 Å². The molecule has 2 heteroatoms. The number of carbonyl (C=O) groups excluding carboxylic acids is 2. The Hall–Kier alpha value is -4.56. The van der Waals surface area contributed by atoms with Gasteiger partial charge >= 0.3 is 0 Å². The Morgan fingerprint density at radius 3 is 1.24 bits per heavy atom. The fraction of sp³-hybridized carbons (Fsp3) is 0. The van der Waals surface area contributed by atoms with Gasteiger partial charge in [0, 0.05) is 11.1 Å². The second kappa shape index (κ2) is 9.51. The van der Waals surface area contributed by atoms with Crippen LogP contribution < -0.4 is 0 Å². The lowest BCUT2D eigenvalue weighted by Crippen LogP contribution is -1.94. The van der Waals surface area contributed by atoms with Crippen LogP contribution in [0.3, 0.4) is 0 Å². The first-order chi connectivity index (χ1) is 16.7. The minimum Gasteiger partial charge on any atom is -0.289 e. The number of hydrogen-bond acceptors (Lipinski definition) is 2. The summed E-state index contributed by atoms with van der Waals surface area (Å²) in [5.41, 5.74) is 3.18. The Balaban J connectivity index is 1.25. The van der Waals surface area contributed by atoms with E-state index in [-0.39, 0.29) is 11.6 Å². The normalized spacial score (nSPS) is 11.5. The van der Waals surface area contributed by atoms with Crippen LogP contribution in [0.25, 0.3) is 33.7 Å². The van der Waals surface area contributed by atoms with Crippen LogP contribution in [0.15, 0.2) is 121 Å². The Kier molecular flexibility index (Phi) is 5.96. The van der Waals surface area contributed by atoms with E-state index < -0.39 is 0 Å². The van der Waals surface area contributed by atoms with Crippen LogP contribution in [-0.2, 0) is 0 Å². The molecule has 0 fully saturated rings. The number of benzene rings is 5. The molecule has 0 atom stereocenters. The Bertz CT molecular complexity index is 1450. The number of carbonyl (C=O) groups is 2. The number of hydrogen-bond donors (Lipinski definition) is 0. The van der Waals surface area contributed by atoms with Crippen LogP contribution in [0.1, 0.15) is 31.8 Å². The summed E-state index contributed by atoms with van der Waals surface area (Å²) in [7, 11) is 0. The number of ketones is 2. The molecule has 34 heavy (non-hydrogen) atoms. The van der Waals surface area contributed by atoms with Gasteiger partial charge in [0.15, 0.2) is 11.6 Å². The molecule has 0 aliphatic rings. The SMILES string of the molecule is O=C(/C=C/c1ccc(/C=C/C(=O)c2ccc3ccccc3c2)cc1)c1ccc2ccccc2c1. The van der Waals surface area contributed by atoms with E-state index in [1.165, 1.54) is 0 Å². The van der Waals surface area contributed by atoms with Gasteiger partial charge in [-0.25, -0.2) is 0 Å². The molecule has 0 aliphatic carbocycles. The molecule has 0 spiro atoms. The van der Waals surface area contributed by atoms with Crippen molar-refractivity contribution < 1.29 is 9.59 Å². The van der Waals surface area contributed by atoms with E-state index in [9.17, 15) is 9.59 Å². The summed E-state index contributed by atoms with van der Waals surface area (Å²) in [6.45, 7) is 0. The van der Waals surface area contributed by atoms with E-state index in [2.05, 4.69) is 0 Å². The van der Waals surface area contributed by atoms with Gasteiger partial charge in [-0.2, -0.15) is 0 Å². The van der Waals surface area contributed by atoms with Crippen LogP contribution in [0.2, 0.25) is 0 Å². The predicted molar refractivity (Wildman–Crippen MR) is 141 cm³/mol. The lowest BCUT2D eigenvalue weighted by Gasteiger charge is -2.01. The molecule has 0 aromatic heterocycles. The summed E-state index contributed by atoms with van der Waals surface area (Å²) in [5, 5.41) is 4.34. The largest absolute Gasteiger partial charge is 0.289 e. The molecular formula is C32H22O2. The zero-order valence-corrected chi connectivity index (χ0v) is 18.5. The lowest BCUT2D eigenvalue weighted by atomic mass is 10.0. The van der Waals surface area contributed by atoms with Crippen LogP contribution >= 0.6 is 0 Å². The molecule has 0 radical (unpaired) electrons. The summed E-state index contributed by atoms with van der Waals surface area (Å²) in [5.74, 6) is -0.0635. The highest BCUT2D eigenvalue weighted by Gasteiger charge is 2.04.